The maximum atomic E-state index is 5.65. The molecule has 1 aromatic carbocycles. The van der Waals surface area contributed by atoms with Gasteiger partial charge < -0.3 is 14.2 Å². The number of hydrogen-bond donors (Lipinski definition) is 0. The van der Waals surface area contributed by atoms with Crippen molar-refractivity contribution in [3.8, 4) is 28.9 Å². The first-order valence-electron chi connectivity index (χ1n) is 4.73. The van der Waals surface area contributed by atoms with Crippen LogP contribution in [0.15, 0.2) is 30.5 Å². The number of nitrogens with zero attached hydrogens (tertiary/aromatic N) is 2. The molecular weight excluding hydrogens is 208 g/mol. The first-order chi connectivity index (χ1) is 7.88. The van der Waals surface area contributed by atoms with Crippen LogP contribution in [-0.2, 0) is 0 Å². The Hall–Kier alpha value is -2.30. The average molecular weight is 216 g/mol. The van der Waals surface area contributed by atoms with Crippen LogP contribution in [0.5, 0.6) is 28.9 Å². The zero-order chi connectivity index (χ0) is 11.0. The van der Waals surface area contributed by atoms with E-state index in [1.165, 1.54) is 13.3 Å². The summed E-state index contributed by atoms with van der Waals surface area (Å²) in [5, 5.41) is 7.57. The number of hydrogen-bond acceptors (Lipinski definition) is 5. The highest BCUT2D eigenvalue weighted by molar-refractivity contribution is 5.56. The number of fused-ring (bicyclic) bond motifs is 2. The van der Waals surface area contributed by atoms with Crippen molar-refractivity contribution in [1.82, 2.24) is 10.2 Å². The summed E-state index contributed by atoms with van der Waals surface area (Å²) in [6.07, 6.45) is 1.49. The van der Waals surface area contributed by atoms with E-state index < -0.39 is 0 Å². The van der Waals surface area contributed by atoms with Crippen LogP contribution in [0, 0.1) is 0 Å². The summed E-state index contributed by atoms with van der Waals surface area (Å²) < 4.78 is 16.3. The molecule has 0 amide bonds. The fourth-order valence-electron chi connectivity index (χ4n) is 1.49. The smallest absolute Gasteiger partial charge is 0.280 e. The van der Waals surface area contributed by atoms with Gasteiger partial charge in [0.2, 0.25) is 5.75 Å². The van der Waals surface area contributed by atoms with E-state index in [0.29, 0.717) is 28.9 Å². The van der Waals surface area contributed by atoms with Gasteiger partial charge in [0.1, 0.15) is 0 Å². The number of aromatic nitrogens is 2. The van der Waals surface area contributed by atoms with Gasteiger partial charge in [-0.1, -0.05) is 12.1 Å². The molecule has 0 fully saturated rings. The lowest BCUT2D eigenvalue weighted by Gasteiger charge is -2.20. The second kappa shape index (κ2) is 3.37. The van der Waals surface area contributed by atoms with E-state index >= 15 is 0 Å². The Morgan fingerprint density at radius 1 is 1.06 bits per heavy atom. The molecule has 80 valence electrons. The molecule has 2 aromatic rings. The summed E-state index contributed by atoms with van der Waals surface area (Å²) in [6, 6.07) is 7.39. The first-order valence-corrected chi connectivity index (χ1v) is 4.73. The van der Waals surface area contributed by atoms with Gasteiger partial charge in [-0.3, -0.25) is 0 Å². The number of ether oxygens (including phenoxy) is 3. The van der Waals surface area contributed by atoms with Gasteiger partial charge in [-0.15, -0.1) is 5.10 Å². The Kier molecular flexibility index (Phi) is 1.89. The summed E-state index contributed by atoms with van der Waals surface area (Å²) in [5.41, 5.74) is 0. The third-order valence-electron chi connectivity index (χ3n) is 2.22. The molecule has 0 radical (unpaired) electrons. The van der Waals surface area contributed by atoms with E-state index in [-0.39, 0.29) is 0 Å². The van der Waals surface area contributed by atoms with Crippen molar-refractivity contribution in [3.63, 3.8) is 0 Å². The number of benzene rings is 1. The van der Waals surface area contributed by atoms with Crippen LogP contribution < -0.4 is 14.2 Å². The monoisotopic (exact) mass is 216 g/mol. The van der Waals surface area contributed by atoms with Crippen molar-refractivity contribution in [2.45, 2.75) is 0 Å². The second-order valence-electron chi connectivity index (χ2n) is 3.20. The molecule has 0 unspecified atom stereocenters. The Balaban J connectivity index is 2.12. The van der Waals surface area contributed by atoms with Crippen molar-refractivity contribution in [1.29, 1.82) is 0 Å². The fraction of sp³-hybridized carbons (Fsp3) is 0.0909. The molecule has 0 saturated heterocycles. The predicted molar refractivity (Wildman–Crippen MR) is 55.2 cm³/mol. The van der Waals surface area contributed by atoms with Crippen LogP contribution >= 0.6 is 0 Å². The van der Waals surface area contributed by atoms with E-state index in [9.17, 15) is 0 Å². The minimum atomic E-state index is 0.312. The Labute approximate surface area is 91.6 Å². The fourth-order valence-corrected chi connectivity index (χ4v) is 1.49. The highest BCUT2D eigenvalue weighted by Crippen LogP contribution is 2.47. The minimum Gasteiger partial charge on any atom is -0.477 e. The minimum absolute atomic E-state index is 0.312. The van der Waals surface area contributed by atoms with Gasteiger partial charge in [0, 0.05) is 0 Å². The van der Waals surface area contributed by atoms with Gasteiger partial charge >= 0.3 is 0 Å². The van der Waals surface area contributed by atoms with Crippen molar-refractivity contribution in [2.24, 2.45) is 0 Å². The molecule has 0 spiro atoms. The summed E-state index contributed by atoms with van der Waals surface area (Å²) in [5.74, 6) is 2.57. The summed E-state index contributed by atoms with van der Waals surface area (Å²) in [7, 11) is 1.51. The Morgan fingerprint density at radius 2 is 1.81 bits per heavy atom. The number of para-hydroxylation sites is 2. The van der Waals surface area contributed by atoms with E-state index in [4.69, 9.17) is 14.2 Å². The van der Waals surface area contributed by atoms with Crippen LogP contribution in [-0.4, -0.2) is 17.3 Å². The van der Waals surface area contributed by atoms with Crippen LogP contribution in [0.4, 0.5) is 0 Å². The van der Waals surface area contributed by atoms with E-state index in [0.717, 1.165) is 0 Å². The van der Waals surface area contributed by atoms with Gasteiger partial charge in [-0.2, -0.15) is 5.10 Å². The lowest BCUT2D eigenvalue weighted by molar-refractivity contribution is 0.314. The first kappa shape index (κ1) is 8.96. The average Bonchev–Trinajstić information content (AvgIpc) is 2.35. The zero-order valence-electron chi connectivity index (χ0n) is 8.51. The third-order valence-corrected chi connectivity index (χ3v) is 2.22. The van der Waals surface area contributed by atoms with Crippen molar-refractivity contribution < 1.29 is 14.2 Å². The largest absolute Gasteiger partial charge is 0.477 e. The highest BCUT2D eigenvalue weighted by Gasteiger charge is 2.23. The normalized spacial score (nSPS) is 11.8. The second-order valence-corrected chi connectivity index (χ2v) is 3.20. The summed E-state index contributed by atoms with van der Waals surface area (Å²) in [6.45, 7) is 0. The maximum absolute atomic E-state index is 5.65. The van der Waals surface area contributed by atoms with E-state index in [1.54, 1.807) is 0 Å². The topological polar surface area (TPSA) is 53.5 Å². The molecule has 0 atom stereocenters. The third kappa shape index (κ3) is 1.25. The number of rotatable bonds is 1. The van der Waals surface area contributed by atoms with Crippen LogP contribution in [0.25, 0.3) is 0 Å². The standard InChI is InChI=1S/C11H8N2O3/c1-14-11-10-9(6-12-13-11)15-7-4-2-3-5-8(7)16-10/h2-6H,1H3. The van der Waals surface area contributed by atoms with Crippen LogP contribution in [0.1, 0.15) is 0 Å². The molecule has 3 rings (SSSR count). The van der Waals surface area contributed by atoms with Gasteiger partial charge in [-0.05, 0) is 12.1 Å². The predicted octanol–water partition coefficient (Wildman–Crippen LogP) is 2.38. The molecule has 0 saturated carbocycles. The van der Waals surface area contributed by atoms with Gasteiger partial charge in [-0.25, -0.2) is 0 Å². The van der Waals surface area contributed by atoms with E-state index in [1.807, 2.05) is 24.3 Å². The molecule has 0 bridgehead atoms. The van der Waals surface area contributed by atoms with Crippen molar-refractivity contribution >= 4 is 0 Å². The lowest BCUT2D eigenvalue weighted by Crippen LogP contribution is -2.03. The maximum Gasteiger partial charge on any atom is 0.280 e. The zero-order valence-corrected chi connectivity index (χ0v) is 8.51. The van der Waals surface area contributed by atoms with E-state index in [2.05, 4.69) is 10.2 Å². The molecular formula is C11H8N2O3. The van der Waals surface area contributed by atoms with Gasteiger partial charge in [0.05, 0.1) is 13.3 Å². The van der Waals surface area contributed by atoms with Gasteiger partial charge in [0.15, 0.2) is 17.2 Å². The lowest BCUT2D eigenvalue weighted by atomic mass is 10.3. The number of methoxy groups -OCH3 is 1. The van der Waals surface area contributed by atoms with Crippen LogP contribution in [0.2, 0.25) is 0 Å². The van der Waals surface area contributed by atoms with Gasteiger partial charge in [0.25, 0.3) is 5.88 Å². The molecule has 1 aliphatic rings. The SMILES string of the molecule is COc1nncc2c1Oc1ccccc1O2. The molecule has 5 nitrogen and oxygen atoms in total. The highest BCUT2D eigenvalue weighted by atomic mass is 16.6. The Morgan fingerprint density at radius 3 is 2.56 bits per heavy atom. The molecule has 0 N–H and O–H groups in total. The van der Waals surface area contributed by atoms with Crippen molar-refractivity contribution in [3.05, 3.63) is 30.5 Å². The molecule has 2 heterocycles. The molecule has 16 heavy (non-hydrogen) atoms. The molecule has 1 aliphatic heterocycles. The molecule has 1 aromatic heterocycles. The Bertz CT molecular complexity index is 543. The summed E-state index contributed by atoms with van der Waals surface area (Å²) in [4.78, 5) is 0. The quantitative estimate of drug-likeness (QED) is 0.625. The van der Waals surface area contributed by atoms with Crippen LogP contribution in [0.3, 0.4) is 0 Å². The molecule has 0 aliphatic carbocycles. The summed E-state index contributed by atoms with van der Waals surface area (Å²) >= 11 is 0. The van der Waals surface area contributed by atoms with Crippen molar-refractivity contribution in [2.75, 3.05) is 7.11 Å². The molecule has 5 heteroatoms.